The number of aryl methyl sites for hydroxylation is 1. The van der Waals surface area contributed by atoms with E-state index in [1.165, 1.54) is 5.56 Å². The van der Waals surface area contributed by atoms with Crippen molar-refractivity contribution in [1.82, 2.24) is 9.80 Å². The van der Waals surface area contributed by atoms with E-state index in [0.717, 1.165) is 30.6 Å². The normalized spacial score (nSPS) is 11.8. The average Bonchev–Trinajstić information content (AvgIpc) is 3.09. The lowest BCUT2D eigenvalue weighted by Crippen LogP contribution is -2.41. The maximum absolute atomic E-state index is 13.0. The molecule has 0 unspecified atom stereocenters. The van der Waals surface area contributed by atoms with Gasteiger partial charge in [0.05, 0.1) is 13.1 Å². The fourth-order valence-electron chi connectivity index (χ4n) is 3.15. The third-order valence-corrected chi connectivity index (χ3v) is 4.55. The zero-order valence-electron chi connectivity index (χ0n) is 17.0. The predicted octanol–water partition coefficient (Wildman–Crippen LogP) is 5.04. The van der Waals surface area contributed by atoms with E-state index in [2.05, 4.69) is 12.1 Å². The Kier molecular flexibility index (Phi) is 8.76. The Hall–Kier alpha value is -2.28. The number of furan rings is 1. The van der Waals surface area contributed by atoms with Crippen LogP contribution in [0.2, 0.25) is 0 Å². The van der Waals surface area contributed by atoms with Gasteiger partial charge in [0.1, 0.15) is 11.5 Å². The van der Waals surface area contributed by atoms with Crippen LogP contribution in [0.15, 0.2) is 46.9 Å². The number of amides is 1. The molecule has 2 aromatic rings. The van der Waals surface area contributed by atoms with Crippen molar-refractivity contribution in [2.75, 3.05) is 20.6 Å². The Labute approximate surface area is 170 Å². The number of carbonyl (C=O) groups is 1. The van der Waals surface area contributed by atoms with Crippen LogP contribution in [-0.2, 0) is 24.3 Å². The van der Waals surface area contributed by atoms with E-state index >= 15 is 0 Å². The molecular formula is C22H29F3N2O2. The van der Waals surface area contributed by atoms with Crippen LogP contribution in [-0.4, -0.2) is 42.5 Å². The van der Waals surface area contributed by atoms with Crippen LogP contribution in [0.4, 0.5) is 13.2 Å². The summed E-state index contributed by atoms with van der Waals surface area (Å²) in [7, 11) is 3.75. The molecule has 2 rings (SSSR count). The molecular weight excluding hydrogens is 381 g/mol. The summed E-state index contributed by atoms with van der Waals surface area (Å²) in [5, 5.41) is 0. The van der Waals surface area contributed by atoms with Crippen LogP contribution < -0.4 is 0 Å². The minimum absolute atomic E-state index is 0.0629. The van der Waals surface area contributed by atoms with Crippen molar-refractivity contribution in [3.8, 4) is 0 Å². The second kappa shape index (κ2) is 11.0. The third kappa shape index (κ3) is 8.31. The summed E-state index contributed by atoms with van der Waals surface area (Å²) in [5.74, 6) is -0.791. The molecule has 0 bridgehead atoms. The van der Waals surface area contributed by atoms with Gasteiger partial charge in [0, 0.05) is 6.54 Å². The monoisotopic (exact) mass is 410 g/mol. The summed E-state index contributed by atoms with van der Waals surface area (Å²) in [6.07, 6.45) is -0.736. The lowest BCUT2D eigenvalue weighted by Gasteiger charge is -2.22. The average molecular weight is 410 g/mol. The van der Waals surface area contributed by atoms with E-state index in [9.17, 15) is 18.0 Å². The SMILES string of the molecule is CN(C)Cc1ccc(CN(CCCCCCc2ccccc2)C(=O)C(F)(F)F)o1. The fraction of sp³-hybridized carbons (Fsp3) is 0.500. The molecule has 0 saturated carbocycles. The molecule has 29 heavy (non-hydrogen) atoms. The first-order chi connectivity index (χ1) is 13.8. The standard InChI is InChI=1S/C22H29F3N2O2/c1-26(2)16-19-13-14-20(29-19)17-27(21(28)22(23,24)25)15-9-4-3-6-10-18-11-7-5-8-12-18/h5,7-8,11-14H,3-4,6,9-10,15-17H2,1-2H3. The van der Waals surface area contributed by atoms with Crippen LogP contribution in [0.1, 0.15) is 42.8 Å². The molecule has 7 heteroatoms. The van der Waals surface area contributed by atoms with Gasteiger partial charge in [-0.15, -0.1) is 0 Å². The molecule has 1 amide bonds. The summed E-state index contributed by atoms with van der Waals surface area (Å²) in [4.78, 5) is 14.6. The van der Waals surface area contributed by atoms with Gasteiger partial charge >= 0.3 is 12.1 Å². The predicted molar refractivity (Wildman–Crippen MR) is 106 cm³/mol. The smallest absolute Gasteiger partial charge is 0.463 e. The van der Waals surface area contributed by atoms with Crippen LogP contribution in [0.25, 0.3) is 0 Å². The summed E-state index contributed by atoms with van der Waals surface area (Å²) >= 11 is 0. The largest absolute Gasteiger partial charge is 0.471 e. The third-order valence-electron chi connectivity index (χ3n) is 4.55. The topological polar surface area (TPSA) is 36.7 Å². The number of hydrogen-bond acceptors (Lipinski definition) is 3. The van der Waals surface area contributed by atoms with E-state index in [4.69, 9.17) is 4.42 Å². The minimum atomic E-state index is -4.88. The van der Waals surface area contributed by atoms with Crippen molar-refractivity contribution < 1.29 is 22.4 Å². The molecule has 0 spiro atoms. The maximum atomic E-state index is 13.0. The zero-order chi connectivity index (χ0) is 21.3. The number of hydrogen-bond donors (Lipinski definition) is 0. The van der Waals surface area contributed by atoms with Crippen molar-refractivity contribution in [2.24, 2.45) is 0 Å². The van der Waals surface area contributed by atoms with Crippen LogP contribution in [0, 0.1) is 0 Å². The lowest BCUT2D eigenvalue weighted by molar-refractivity contribution is -0.186. The van der Waals surface area contributed by atoms with E-state index in [0.29, 0.717) is 24.5 Å². The Balaban J connectivity index is 1.82. The number of carbonyl (C=O) groups excluding carboxylic acids is 1. The van der Waals surface area contributed by atoms with Gasteiger partial charge in [-0.05, 0) is 51.1 Å². The van der Waals surface area contributed by atoms with Gasteiger partial charge in [0.25, 0.3) is 0 Å². The number of rotatable bonds is 11. The maximum Gasteiger partial charge on any atom is 0.471 e. The van der Waals surface area contributed by atoms with Crippen LogP contribution >= 0.6 is 0 Å². The van der Waals surface area contributed by atoms with Gasteiger partial charge in [-0.1, -0.05) is 43.2 Å². The number of halogens is 3. The second-order valence-electron chi connectivity index (χ2n) is 7.48. The molecule has 0 aliphatic heterocycles. The van der Waals surface area contributed by atoms with E-state index in [1.807, 2.05) is 37.2 Å². The Morgan fingerprint density at radius 2 is 1.52 bits per heavy atom. The molecule has 1 aromatic carbocycles. The summed E-state index contributed by atoms with van der Waals surface area (Å²) in [5.41, 5.74) is 1.26. The molecule has 0 aliphatic rings. The number of nitrogens with zero attached hydrogens (tertiary/aromatic N) is 2. The van der Waals surface area contributed by atoms with Gasteiger partial charge in [0.2, 0.25) is 0 Å². The number of unbranched alkanes of at least 4 members (excludes halogenated alkanes) is 3. The van der Waals surface area contributed by atoms with Gasteiger partial charge in [-0.2, -0.15) is 13.2 Å². The highest BCUT2D eigenvalue weighted by Crippen LogP contribution is 2.22. The summed E-state index contributed by atoms with van der Waals surface area (Å²) in [6.45, 7) is 0.442. The zero-order valence-corrected chi connectivity index (χ0v) is 17.0. The van der Waals surface area contributed by atoms with Gasteiger partial charge in [0.15, 0.2) is 0 Å². The van der Waals surface area contributed by atoms with Crippen molar-refractivity contribution in [1.29, 1.82) is 0 Å². The van der Waals surface area contributed by atoms with Crippen LogP contribution in [0.3, 0.4) is 0 Å². The molecule has 4 nitrogen and oxygen atoms in total. The van der Waals surface area contributed by atoms with Crippen molar-refractivity contribution in [3.05, 3.63) is 59.5 Å². The molecule has 0 fully saturated rings. The molecule has 160 valence electrons. The van der Waals surface area contributed by atoms with Crippen molar-refractivity contribution in [3.63, 3.8) is 0 Å². The Bertz CT molecular complexity index is 742. The first kappa shape index (κ1) is 23.0. The van der Waals surface area contributed by atoms with Crippen molar-refractivity contribution >= 4 is 5.91 Å². The lowest BCUT2D eigenvalue weighted by atomic mass is 10.1. The van der Waals surface area contributed by atoms with Gasteiger partial charge in [-0.3, -0.25) is 4.79 Å². The van der Waals surface area contributed by atoms with E-state index in [-0.39, 0.29) is 13.1 Å². The summed E-state index contributed by atoms with van der Waals surface area (Å²) < 4.78 is 44.5. The van der Waals surface area contributed by atoms with Gasteiger partial charge in [-0.25, -0.2) is 0 Å². The molecule has 0 saturated heterocycles. The first-order valence-electron chi connectivity index (χ1n) is 9.88. The van der Waals surface area contributed by atoms with Crippen molar-refractivity contribution in [2.45, 2.75) is 51.4 Å². The van der Waals surface area contributed by atoms with E-state index in [1.54, 1.807) is 12.1 Å². The number of benzene rings is 1. The quantitative estimate of drug-likeness (QED) is 0.487. The fourth-order valence-corrected chi connectivity index (χ4v) is 3.15. The summed E-state index contributed by atoms with van der Waals surface area (Å²) in [6, 6.07) is 13.5. The number of alkyl halides is 3. The molecule has 0 aliphatic carbocycles. The molecule has 0 radical (unpaired) electrons. The highest BCUT2D eigenvalue weighted by Gasteiger charge is 2.42. The molecule has 1 aromatic heterocycles. The first-order valence-corrected chi connectivity index (χ1v) is 9.88. The minimum Gasteiger partial charge on any atom is -0.463 e. The molecule has 1 heterocycles. The van der Waals surface area contributed by atoms with E-state index < -0.39 is 12.1 Å². The molecule has 0 atom stereocenters. The second-order valence-corrected chi connectivity index (χ2v) is 7.48. The van der Waals surface area contributed by atoms with Crippen LogP contribution in [0.5, 0.6) is 0 Å². The molecule has 0 N–H and O–H groups in total. The highest BCUT2D eigenvalue weighted by atomic mass is 19.4. The Morgan fingerprint density at radius 3 is 2.14 bits per heavy atom. The Morgan fingerprint density at radius 1 is 0.897 bits per heavy atom. The van der Waals surface area contributed by atoms with Gasteiger partial charge < -0.3 is 14.2 Å². The highest BCUT2D eigenvalue weighted by molar-refractivity contribution is 5.81.